The number of benzene rings is 3. The molecular weight excluding hydrogens is 440 g/mol. The lowest BCUT2D eigenvalue weighted by molar-refractivity contribution is 0.256. The number of carbonyl (C=O) groups excluding carboxylic acids is 1. The van der Waals surface area contributed by atoms with Gasteiger partial charge in [-0.05, 0) is 61.0 Å². The summed E-state index contributed by atoms with van der Waals surface area (Å²) in [5.41, 5.74) is 3.64. The molecule has 3 aromatic carbocycles. The van der Waals surface area contributed by atoms with Crippen LogP contribution in [0.1, 0.15) is 18.4 Å². The van der Waals surface area contributed by atoms with Gasteiger partial charge < -0.3 is 14.8 Å². The predicted molar refractivity (Wildman–Crippen MR) is 132 cm³/mol. The molecule has 0 aromatic heterocycles. The van der Waals surface area contributed by atoms with E-state index in [1.54, 1.807) is 38.5 Å². The molecule has 0 aliphatic carbocycles. The second-order valence-electron chi connectivity index (χ2n) is 7.37. The number of amides is 2. The molecule has 2 N–H and O–H groups in total. The van der Waals surface area contributed by atoms with Gasteiger partial charge in [-0.15, -0.1) is 0 Å². The first-order valence-corrected chi connectivity index (χ1v) is 10.6. The van der Waals surface area contributed by atoms with Crippen LogP contribution in [0.15, 0.2) is 76.7 Å². The summed E-state index contributed by atoms with van der Waals surface area (Å²) in [5, 5.41) is 6.33. The highest BCUT2D eigenvalue weighted by atomic mass is 35.5. The number of halogens is 1. The Hall–Kier alpha value is -3.84. The summed E-state index contributed by atoms with van der Waals surface area (Å²) >= 11 is 5.94. The smallest absolute Gasteiger partial charge is 0.324 e. The molecule has 0 radical (unpaired) electrons. The van der Waals surface area contributed by atoms with E-state index in [0.717, 1.165) is 17.0 Å². The van der Waals surface area contributed by atoms with Gasteiger partial charge in [0.05, 0.1) is 31.5 Å². The first-order chi connectivity index (χ1) is 16.0. The second-order valence-corrected chi connectivity index (χ2v) is 7.81. The van der Waals surface area contributed by atoms with Crippen LogP contribution < -0.4 is 20.1 Å². The summed E-state index contributed by atoms with van der Waals surface area (Å²) < 4.78 is 10.9. The molecular formula is C25H23ClN4O3. The Morgan fingerprint density at radius 1 is 0.879 bits per heavy atom. The van der Waals surface area contributed by atoms with Crippen LogP contribution >= 0.6 is 11.6 Å². The molecule has 4 rings (SSSR count). The number of fused-ring (bicyclic) bond motifs is 1. The number of ether oxygens (including phenoxy) is 2. The maximum absolute atomic E-state index is 12.9. The first kappa shape index (κ1) is 22.4. The van der Waals surface area contributed by atoms with Crippen molar-refractivity contribution in [1.29, 1.82) is 0 Å². The summed E-state index contributed by atoms with van der Waals surface area (Å²) in [5.74, 6) is 1.22. The van der Waals surface area contributed by atoms with E-state index in [0.29, 0.717) is 33.7 Å². The highest BCUT2D eigenvalue weighted by Gasteiger charge is 2.27. The quantitative estimate of drug-likeness (QED) is 0.491. The van der Waals surface area contributed by atoms with Crippen LogP contribution in [0.3, 0.4) is 0 Å². The zero-order valence-electron chi connectivity index (χ0n) is 18.4. The topological polar surface area (TPSA) is 84.3 Å². The van der Waals surface area contributed by atoms with E-state index >= 15 is 0 Å². The van der Waals surface area contributed by atoms with Crippen LogP contribution in [0.2, 0.25) is 5.02 Å². The normalized spacial score (nSPS) is 14.8. The fourth-order valence-corrected chi connectivity index (χ4v) is 3.77. The van der Waals surface area contributed by atoms with Gasteiger partial charge in [-0.1, -0.05) is 29.8 Å². The maximum atomic E-state index is 12.9. The predicted octanol–water partition coefficient (Wildman–Crippen LogP) is 6.10. The van der Waals surface area contributed by atoms with Crippen molar-refractivity contribution in [2.45, 2.75) is 12.8 Å². The SMILES string of the molecule is COc1ccc(C2C(C)=Nc3ccccc3N=C2NC(=O)Nc2ccc(Cl)cc2)cc1OC. The van der Waals surface area contributed by atoms with Gasteiger partial charge in [0.15, 0.2) is 11.5 Å². The van der Waals surface area contributed by atoms with Crippen LogP contribution in [-0.2, 0) is 0 Å². The molecule has 1 aliphatic heterocycles. The number of para-hydroxylation sites is 2. The number of hydrogen-bond acceptors (Lipinski definition) is 5. The van der Waals surface area contributed by atoms with E-state index in [-0.39, 0.29) is 0 Å². The number of aliphatic imine (C=N–C) groups is 2. The van der Waals surface area contributed by atoms with Crippen molar-refractivity contribution in [2.75, 3.05) is 19.5 Å². The Balaban J connectivity index is 1.73. The third-order valence-corrected chi connectivity index (χ3v) is 5.45. The molecule has 0 fully saturated rings. The lowest BCUT2D eigenvalue weighted by Gasteiger charge is -2.21. The summed E-state index contributed by atoms with van der Waals surface area (Å²) in [6.07, 6.45) is 0. The van der Waals surface area contributed by atoms with Gasteiger partial charge in [-0.3, -0.25) is 10.3 Å². The highest BCUT2D eigenvalue weighted by molar-refractivity contribution is 6.30. The van der Waals surface area contributed by atoms with E-state index in [4.69, 9.17) is 31.1 Å². The molecule has 0 bridgehead atoms. The van der Waals surface area contributed by atoms with Crippen LogP contribution in [0.25, 0.3) is 0 Å². The standard InChI is InChI=1S/C25H23ClN4O3/c1-15-23(16-8-13-21(32-2)22(14-16)33-3)24(29-20-7-5-4-6-19(20)27-15)30-25(31)28-18-11-9-17(26)10-12-18/h4-14,23H,1-3H3,(H2,28,29,30,31). The van der Waals surface area contributed by atoms with Crippen molar-refractivity contribution in [3.63, 3.8) is 0 Å². The van der Waals surface area contributed by atoms with Crippen molar-refractivity contribution < 1.29 is 14.3 Å². The van der Waals surface area contributed by atoms with Crippen LogP contribution in [0.5, 0.6) is 11.5 Å². The molecule has 0 saturated carbocycles. The van der Waals surface area contributed by atoms with Gasteiger partial charge in [-0.25, -0.2) is 9.79 Å². The summed E-state index contributed by atoms with van der Waals surface area (Å²) in [7, 11) is 3.17. The molecule has 0 saturated heterocycles. The monoisotopic (exact) mass is 462 g/mol. The third-order valence-electron chi connectivity index (χ3n) is 5.20. The molecule has 1 heterocycles. The Labute approximate surface area is 197 Å². The lowest BCUT2D eigenvalue weighted by atomic mass is 9.93. The molecule has 2 amide bonds. The van der Waals surface area contributed by atoms with Gasteiger partial charge in [0.1, 0.15) is 5.84 Å². The minimum atomic E-state index is -0.422. The number of carbonyl (C=O) groups is 1. The fourth-order valence-electron chi connectivity index (χ4n) is 3.64. The average Bonchev–Trinajstić information content (AvgIpc) is 2.95. The highest BCUT2D eigenvalue weighted by Crippen LogP contribution is 2.36. The van der Waals surface area contributed by atoms with Gasteiger partial charge in [0.25, 0.3) is 0 Å². The van der Waals surface area contributed by atoms with Crippen molar-refractivity contribution >= 4 is 46.2 Å². The molecule has 7 nitrogen and oxygen atoms in total. The number of nitrogens with zero attached hydrogens (tertiary/aromatic N) is 2. The van der Waals surface area contributed by atoms with Crippen LogP contribution in [0, 0.1) is 0 Å². The van der Waals surface area contributed by atoms with E-state index in [1.807, 2.05) is 49.4 Å². The van der Waals surface area contributed by atoms with Crippen molar-refractivity contribution in [3.05, 3.63) is 77.3 Å². The largest absolute Gasteiger partial charge is 0.493 e. The minimum absolute atomic E-state index is 0.409. The number of anilines is 1. The molecule has 3 aromatic rings. The fraction of sp³-hybridized carbons (Fsp3) is 0.160. The molecule has 33 heavy (non-hydrogen) atoms. The summed E-state index contributed by atoms with van der Waals surface area (Å²) in [6.45, 7) is 1.91. The Kier molecular flexibility index (Phi) is 6.60. The number of rotatable bonds is 4. The molecule has 168 valence electrons. The second kappa shape index (κ2) is 9.75. The average molecular weight is 463 g/mol. The van der Waals surface area contributed by atoms with E-state index < -0.39 is 11.9 Å². The van der Waals surface area contributed by atoms with Crippen LogP contribution in [0.4, 0.5) is 21.9 Å². The number of amidine groups is 1. The zero-order chi connectivity index (χ0) is 23.4. The number of urea groups is 1. The molecule has 0 spiro atoms. The lowest BCUT2D eigenvalue weighted by Crippen LogP contribution is -2.39. The van der Waals surface area contributed by atoms with Gasteiger partial charge in [0, 0.05) is 16.4 Å². The van der Waals surface area contributed by atoms with Gasteiger partial charge >= 0.3 is 6.03 Å². The van der Waals surface area contributed by atoms with Crippen molar-refractivity contribution in [1.82, 2.24) is 5.32 Å². The summed E-state index contributed by atoms with van der Waals surface area (Å²) in [4.78, 5) is 22.4. The maximum Gasteiger partial charge on any atom is 0.324 e. The van der Waals surface area contributed by atoms with E-state index in [9.17, 15) is 4.79 Å². The Bertz CT molecular complexity index is 1240. The van der Waals surface area contributed by atoms with E-state index in [1.165, 1.54) is 0 Å². The molecule has 1 aliphatic rings. The van der Waals surface area contributed by atoms with E-state index in [2.05, 4.69) is 10.6 Å². The zero-order valence-corrected chi connectivity index (χ0v) is 19.2. The van der Waals surface area contributed by atoms with Gasteiger partial charge in [0.2, 0.25) is 0 Å². The van der Waals surface area contributed by atoms with Crippen molar-refractivity contribution in [3.8, 4) is 11.5 Å². The first-order valence-electron chi connectivity index (χ1n) is 10.3. The molecule has 1 unspecified atom stereocenters. The Morgan fingerprint density at radius 2 is 1.55 bits per heavy atom. The molecule has 1 atom stereocenters. The minimum Gasteiger partial charge on any atom is -0.493 e. The number of nitrogens with one attached hydrogen (secondary N) is 2. The van der Waals surface area contributed by atoms with Gasteiger partial charge in [-0.2, -0.15) is 0 Å². The number of methoxy groups -OCH3 is 2. The number of hydrogen-bond donors (Lipinski definition) is 2. The Morgan fingerprint density at radius 3 is 2.21 bits per heavy atom. The summed E-state index contributed by atoms with van der Waals surface area (Å²) in [6, 6.07) is 19.6. The van der Waals surface area contributed by atoms with Crippen molar-refractivity contribution in [2.24, 2.45) is 9.98 Å². The third kappa shape index (κ3) is 4.99. The molecule has 8 heteroatoms. The van der Waals surface area contributed by atoms with Crippen LogP contribution in [-0.4, -0.2) is 31.8 Å².